The summed E-state index contributed by atoms with van der Waals surface area (Å²) in [5.41, 5.74) is 0.378. The van der Waals surface area contributed by atoms with Gasteiger partial charge in [0.1, 0.15) is 12.2 Å². The van der Waals surface area contributed by atoms with Gasteiger partial charge in [-0.3, -0.25) is 0 Å². The molecule has 0 amide bonds. The minimum Gasteiger partial charge on any atom is -0.378 e. The highest BCUT2D eigenvalue weighted by molar-refractivity contribution is 5.32. The number of rotatable bonds is 2. The number of fused-ring (bicyclic) bond motifs is 5. The molecule has 0 saturated heterocycles. The van der Waals surface area contributed by atoms with Crippen LogP contribution in [0.4, 0.5) is 0 Å². The standard InChI is InChI=1S/C24H34N2O2/c1-15(21(27)13-25)18-6-7-19-17-5-4-16-12-24(28,14-26)11-10-22(16,2)20(17)8-9-23(18,19)3/h12,15,17-21,27-28H,4-11H2,1-3H3/t15-,17+,18-,19+,20+,21?,22+,23-,24?/m1/s1. The van der Waals surface area contributed by atoms with E-state index in [2.05, 4.69) is 32.9 Å². The third kappa shape index (κ3) is 2.68. The number of hydrogen-bond donors (Lipinski definition) is 2. The summed E-state index contributed by atoms with van der Waals surface area (Å²) in [6.45, 7) is 6.87. The Kier molecular flexibility index (Phi) is 4.68. The highest BCUT2D eigenvalue weighted by atomic mass is 16.3. The van der Waals surface area contributed by atoms with Crippen LogP contribution < -0.4 is 0 Å². The van der Waals surface area contributed by atoms with Gasteiger partial charge in [-0.1, -0.05) is 26.3 Å². The Balaban J connectivity index is 1.61. The SMILES string of the molecule is C[C@@H](C(O)C#N)[C@H]1CC[C@H]2[C@@H]3CCC4=CC(O)(C#N)CC[C@]4(C)[C@H]3CC[C@]12C. The fourth-order valence-electron chi connectivity index (χ4n) is 8.05. The van der Waals surface area contributed by atoms with Gasteiger partial charge in [0.25, 0.3) is 0 Å². The van der Waals surface area contributed by atoms with Gasteiger partial charge in [0.2, 0.25) is 0 Å². The highest BCUT2D eigenvalue weighted by Crippen LogP contribution is 2.68. The first-order valence-corrected chi connectivity index (χ1v) is 11.1. The predicted molar refractivity (Wildman–Crippen MR) is 107 cm³/mol. The van der Waals surface area contributed by atoms with Crippen LogP contribution in [-0.4, -0.2) is 21.9 Å². The molecule has 4 nitrogen and oxygen atoms in total. The summed E-state index contributed by atoms with van der Waals surface area (Å²) in [5, 5.41) is 39.3. The molecule has 4 aliphatic rings. The van der Waals surface area contributed by atoms with Crippen LogP contribution in [0.2, 0.25) is 0 Å². The van der Waals surface area contributed by atoms with Gasteiger partial charge >= 0.3 is 0 Å². The van der Waals surface area contributed by atoms with Crippen molar-refractivity contribution in [3.8, 4) is 12.1 Å². The minimum absolute atomic E-state index is 0.0338. The van der Waals surface area contributed by atoms with E-state index in [1.54, 1.807) is 0 Å². The molecule has 2 N–H and O–H groups in total. The first kappa shape index (κ1) is 19.9. The second kappa shape index (κ2) is 6.58. The molecule has 0 aromatic carbocycles. The third-order valence-corrected chi connectivity index (χ3v) is 9.71. The molecule has 4 rings (SSSR count). The third-order valence-electron chi connectivity index (χ3n) is 9.71. The lowest BCUT2D eigenvalue weighted by atomic mass is 9.46. The highest BCUT2D eigenvalue weighted by Gasteiger charge is 2.60. The number of allylic oxidation sites excluding steroid dienone is 1. The number of hydrogen-bond acceptors (Lipinski definition) is 4. The number of aliphatic hydroxyl groups is 2. The van der Waals surface area contributed by atoms with Crippen LogP contribution in [0.5, 0.6) is 0 Å². The van der Waals surface area contributed by atoms with Gasteiger partial charge in [-0.25, -0.2) is 0 Å². The first-order chi connectivity index (χ1) is 13.2. The van der Waals surface area contributed by atoms with Gasteiger partial charge in [-0.2, -0.15) is 10.5 Å². The van der Waals surface area contributed by atoms with E-state index in [9.17, 15) is 20.7 Å². The zero-order valence-corrected chi connectivity index (χ0v) is 17.5. The second-order valence-electron chi connectivity index (χ2n) is 10.7. The minimum atomic E-state index is -1.27. The molecule has 28 heavy (non-hydrogen) atoms. The molecule has 3 saturated carbocycles. The van der Waals surface area contributed by atoms with Crippen LogP contribution in [0.3, 0.4) is 0 Å². The number of nitriles is 2. The van der Waals surface area contributed by atoms with E-state index in [1.807, 2.05) is 6.08 Å². The molecule has 0 spiro atoms. The Morgan fingerprint density at radius 2 is 1.82 bits per heavy atom. The maximum atomic E-state index is 10.5. The Morgan fingerprint density at radius 1 is 1.07 bits per heavy atom. The molecule has 0 aliphatic heterocycles. The van der Waals surface area contributed by atoms with Crippen molar-refractivity contribution in [3.63, 3.8) is 0 Å². The largest absolute Gasteiger partial charge is 0.378 e. The van der Waals surface area contributed by atoms with Crippen LogP contribution in [0, 0.1) is 63.1 Å². The van der Waals surface area contributed by atoms with E-state index in [-0.39, 0.29) is 16.7 Å². The second-order valence-corrected chi connectivity index (χ2v) is 10.7. The quantitative estimate of drug-likeness (QED) is 0.549. The first-order valence-electron chi connectivity index (χ1n) is 11.1. The Bertz CT molecular complexity index is 764. The average Bonchev–Trinajstić information content (AvgIpc) is 3.04. The fraction of sp³-hybridized carbons (Fsp3) is 0.833. The molecule has 4 heteroatoms. The fourth-order valence-corrected chi connectivity index (χ4v) is 8.05. The molecule has 152 valence electrons. The maximum absolute atomic E-state index is 10.5. The van der Waals surface area contributed by atoms with Gasteiger partial charge in [0.05, 0.1) is 6.07 Å². The predicted octanol–water partition coefficient (Wildman–Crippen LogP) is 4.34. The van der Waals surface area contributed by atoms with Crippen molar-refractivity contribution in [1.29, 1.82) is 10.5 Å². The van der Waals surface area contributed by atoms with E-state index in [1.165, 1.54) is 18.4 Å². The summed E-state index contributed by atoms with van der Waals surface area (Å²) in [6, 6.07) is 4.17. The molecule has 0 bridgehead atoms. The zero-order chi connectivity index (χ0) is 20.3. The van der Waals surface area contributed by atoms with Gasteiger partial charge in [-0.15, -0.1) is 0 Å². The van der Waals surface area contributed by atoms with Crippen molar-refractivity contribution in [1.82, 2.24) is 0 Å². The van der Waals surface area contributed by atoms with Crippen molar-refractivity contribution in [2.75, 3.05) is 0 Å². The molecule has 2 unspecified atom stereocenters. The Hall–Kier alpha value is -1.36. The number of nitrogens with zero attached hydrogens (tertiary/aromatic N) is 2. The molecule has 3 fully saturated rings. The zero-order valence-electron chi connectivity index (χ0n) is 17.5. The Labute approximate surface area is 169 Å². The smallest absolute Gasteiger partial charge is 0.169 e. The van der Waals surface area contributed by atoms with Crippen molar-refractivity contribution in [2.24, 2.45) is 40.4 Å². The van der Waals surface area contributed by atoms with Crippen molar-refractivity contribution < 1.29 is 10.2 Å². The average molecular weight is 383 g/mol. The summed E-state index contributed by atoms with van der Waals surface area (Å²) >= 11 is 0. The lowest BCUT2D eigenvalue weighted by Gasteiger charge is -2.59. The molecule has 4 aliphatic carbocycles. The van der Waals surface area contributed by atoms with Crippen LogP contribution in [0.25, 0.3) is 0 Å². The molecule has 0 aromatic rings. The monoisotopic (exact) mass is 382 g/mol. The topological polar surface area (TPSA) is 88.0 Å². The van der Waals surface area contributed by atoms with E-state index < -0.39 is 11.7 Å². The van der Waals surface area contributed by atoms with E-state index in [0.717, 1.165) is 32.1 Å². The summed E-state index contributed by atoms with van der Waals surface area (Å²) in [7, 11) is 0. The summed E-state index contributed by atoms with van der Waals surface area (Å²) in [6.07, 6.45) is 9.30. The van der Waals surface area contributed by atoms with Crippen LogP contribution in [0.1, 0.15) is 72.1 Å². The van der Waals surface area contributed by atoms with Gasteiger partial charge in [0, 0.05) is 0 Å². The summed E-state index contributed by atoms with van der Waals surface area (Å²) in [5.74, 6) is 2.44. The van der Waals surface area contributed by atoms with Gasteiger partial charge in [-0.05, 0) is 97.9 Å². The molecule has 0 heterocycles. The molecule has 0 aromatic heterocycles. The maximum Gasteiger partial charge on any atom is 0.169 e. The van der Waals surface area contributed by atoms with Crippen molar-refractivity contribution >= 4 is 0 Å². The van der Waals surface area contributed by atoms with E-state index >= 15 is 0 Å². The van der Waals surface area contributed by atoms with E-state index in [4.69, 9.17) is 0 Å². The van der Waals surface area contributed by atoms with Crippen molar-refractivity contribution in [3.05, 3.63) is 11.6 Å². The lowest BCUT2D eigenvalue weighted by Crippen LogP contribution is -2.52. The van der Waals surface area contributed by atoms with Crippen LogP contribution in [-0.2, 0) is 0 Å². The molecule has 0 radical (unpaired) electrons. The summed E-state index contributed by atoms with van der Waals surface area (Å²) < 4.78 is 0. The van der Waals surface area contributed by atoms with Gasteiger partial charge < -0.3 is 10.2 Å². The lowest BCUT2D eigenvalue weighted by molar-refractivity contribution is -0.0709. The summed E-state index contributed by atoms with van der Waals surface area (Å²) in [4.78, 5) is 0. The molecular formula is C24H34N2O2. The van der Waals surface area contributed by atoms with Crippen LogP contribution >= 0.6 is 0 Å². The molecular weight excluding hydrogens is 348 g/mol. The van der Waals surface area contributed by atoms with Gasteiger partial charge in [0.15, 0.2) is 5.60 Å². The van der Waals surface area contributed by atoms with E-state index in [0.29, 0.717) is 30.1 Å². The number of aliphatic hydroxyl groups excluding tert-OH is 1. The molecule has 9 atom stereocenters. The normalized spacial score (nSPS) is 49.5. The Morgan fingerprint density at radius 3 is 2.50 bits per heavy atom. The van der Waals surface area contributed by atoms with Crippen molar-refractivity contribution in [2.45, 2.75) is 83.8 Å². The van der Waals surface area contributed by atoms with Crippen LogP contribution in [0.15, 0.2) is 11.6 Å².